The molecular weight excluding hydrogens is 512 g/mol. The van der Waals surface area contributed by atoms with Gasteiger partial charge in [-0.25, -0.2) is 0 Å². The van der Waals surface area contributed by atoms with Crippen molar-refractivity contribution in [1.82, 2.24) is 5.32 Å². The van der Waals surface area contributed by atoms with Crippen molar-refractivity contribution in [2.45, 2.75) is 44.2 Å². The summed E-state index contributed by atoms with van der Waals surface area (Å²) in [6.07, 6.45) is 1.55. The molecule has 1 amide bonds. The molecule has 4 aromatic carbocycles. The maximum absolute atomic E-state index is 13.7. The van der Waals surface area contributed by atoms with Crippen LogP contribution in [0.15, 0.2) is 115 Å². The zero-order chi connectivity index (χ0) is 28.9. The largest absolute Gasteiger partial charge is 0.490 e. The van der Waals surface area contributed by atoms with E-state index in [1.165, 1.54) is 5.56 Å². The predicted octanol–water partition coefficient (Wildman–Crippen LogP) is 5.45. The van der Waals surface area contributed by atoms with Gasteiger partial charge in [0.2, 0.25) is 5.91 Å². The lowest BCUT2D eigenvalue weighted by Crippen LogP contribution is -2.40. The molecule has 0 aliphatic heterocycles. The maximum atomic E-state index is 13.7. The molecule has 3 N–H and O–H groups in total. The summed E-state index contributed by atoms with van der Waals surface area (Å²) in [5.74, 6) is -0.640. The maximum Gasteiger partial charge on any atom is 0.318 e. The summed E-state index contributed by atoms with van der Waals surface area (Å²) in [6.45, 7) is 2.75. The summed E-state index contributed by atoms with van der Waals surface area (Å²) >= 11 is 0. The minimum atomic E-state index is -0.552. The fraction of sp³-hybridized carbons (Fsp3) is 0.257. The summed E-state index contributed by atoms with van der Waals surface area (Å²) in [6, 6.07) is 37.2. The minimum absolute atomic E-state index is 0.172. The Balaban J connectivity index is 1.45. The van der Waals surface area contributed by atoms with Crippen LogP contribution in [0.1, 0.15) is 41.5 Å². The lowest BCUT2D eigenvalue weighted by molar-refractivity contribution is -0.151. The molecular formula is C35H38N2O4. The van der Waals surface area contributed by atoms with E-state index in [1.807, 2.05) is 78.9 Å². The van der Waals surface area contributed by atoms with Crippen LogP contribution in [0.5, 0.6) is 5.75 Å². The average Bonchev–Trinajstić information content (AvgIpc) is 2.99. The van der Waals surface area contributed by atoms with E-state index < -0.39 is 12.0 Å². The zero-order valence-electron chi connectivity index (χ0n) is 23.4. The van der Waals surface area contributed by atoms with Gasteiger partial charge in [-0.05, 0) is 54.2 Å². The lowest BCUT2D eigenvalue weighted by atomic mass is 9.91. The fourth-order valence-corrected chi connectivity index (χ4v) is 4.68. The molecule has 4 rings (SSSR count). The van der Waals surface area contributed by atoms with Crippen LogP contribution in [0.4, 0.5) is 0 Å². The first-order chi connectivity index (χ1) is 20.0. The Hall–Kier alpha value is -4.42. The number of aryl methyl sites for hydroxylation is 1. The molecule has 41 heavy (non-hydrogen) atoms. The Morgan fingerprint density at radius 2 is 1.32 bits per heavy atom. The molecule has 6 heteroatoms. The number of rotatable bonds is 15. The van der Waals surface area contributed by atoms with Gasteiger partial charge in [0, 0.05) is 12.6 Å². The van der Waals surface area contributed by atoms with Gasteiger partial charge in [0.25, 0.3) is 0 Å². The number of ether oxygens (including phenoxy) is 2. The van der Waals surface area contributed by atoms with Gasteiger partial charge in [-0.15, -0.1) is 0 Å². The lowest BCUT2D eigenvalue weighted by Gasteiger charge is -2.25. The number of nitrogens with two attached hydrogens (primary N) is 1. The van der Waals surface area contributed by atoms with Gasteiger partial charge in [-0.1, -0.05) is 103 Å². The van der Waals surface area contributed by atoms with E-state index in [-0.39, 0.29) is 30.9 Å². The molecule has 6 nitrogen and oxygen atoms in total. The Labute approximate surface area is 242 Å². The van der Waals surface area contributed by atoms with E-state index in [4.69, 9.17) is 15.2 Å². The Morgan fingerprint density at radius 1 is 0.756 bits per heavy atom. The van der Waals surface area contributed by atoms with E-state index >= 15 is 0 Å². The number of carbonyl (C=O) groups is 2. The predicted molar refractivity (Wildman–Crippen MR) is 162 cm³/mol. The Kier molecular flexibility index (Phi) is 11.1. The quantitative estimate of drug-likeness (QED) is 0.192. The molecule has 0 aliphatic carbocycles. The molecule has 0 saturated heterocycles. The highest BCUT2D eigenvalue weighted by Crippen LogP contribution is 2.26. The standard InChI is InChI=1S/C35H38N2O4/c1-26(17-18-27-11-5-2-6-12-27)37-24-32(25-40-31-21-19-28(20-22-31)23-33(36)38)41-35(39)34(29-13-7-3-8-14-29)30-15-9-4-10-16-30/h2-16,19-22,26,32,34,37H,17-18,23-25H2,1H3,(H2,36,38). The van der Waals surface area contributed by atoms with Gasteiger partial charge < -0.3 is 20.5 Å². The van der Waals surface area contributed by atoms with E-state index in [9.17, 15) is 9.59 Å². The molecule has 2 atom stereocenters. The smallest absolute Gasteiger partial charge is 0.318 e. The first-order valence-electron chi connectivity index (χ1n) is 14.1. The van der Waals surface area contributed by atoms with Gasteiger partial charge in [0.15, 0.2) is 0 Å². The molecule has 0 spiro atoms. The number of carbonyl (C=O) groups excluding carboxylic acids is 2. The monoisotopic (exact) mass is 550 g/mol. The van der Waals surface area contributed by atoms with E-state index in [0.717, 1.165) is 29.5 Å². The summed E-state index contributed by atoms with van der Waals surface area (Å²) in [5, 5.41) is 3.54. The van der Waals surface area contributed by atoms with Gasteiger partial charge >= 0.3 is 5.97 Å². The summed E-state index contributed by atoms with van der Waals surface area (Å²) < 4.78 is 12.2. The van der Waals surface area contributed by atoms with Crippen LogP contribution >= 0.6 is 0 Å². The van der Waals surface area contributed by atoms with E-state index in [1.54, 1.807) is 12.1 Å². The summed E-state index contributed by atoms with van der Waals surface area (Å²) in [5.41, 5.74) is 9.16. The Morgan fingerprint density at radius 3 is 1.88 bits per heavy atom. The third-order valence-corrected chi connectivity index (χ3v) is 6.92. The number of benzene rings is 4. The van der Waals surface area contributed by atoms with Gasteiger partial charge in [0.1, 0.15) is 24.4 Å². The van der Waals surface area contributed by atoms with E-state index in [2.05, 4.69) is 36.5 Å². The average molecular weight is 551 g/mol. The van der Waals surface area contributed by atoms with Gasteiger partial charge in [-0.3, -0.25) is 9.59 Å². The second kappa shape index (κ2) is 15.4. The molecule has 0 saturated carbocycles. The molecule has 0 aromatic heterocycles. The highest BCUT2D eigenvalue weighted by atomic mass is 16.6. The van der Waals surface area contributed by atoms with Gasteiger partial charge in [-0.2, -0.15) is 0 Å². The second-order valence-electron chi connectivity index (χ2n) is 10.2. The number of esters is 1. The van der Waals surface area contributed by atoms with Crippen LogP contribution in [0.3, 0.4) is 0 Å². The Bertz CT molecular complexity index is 1310. The molecule has 0 aliphatic rings. The van der Waals surface area contributed by atoms with Crippen LogP contribution in [-0.2, 0) is 27.2 Å². The number of primary amides is 1. The first-order valence-corrected chi connectivity index (χ1v) is 14.1. The van der Waals surface area contributed by atoms with Crippen molar-refractivity contribution in [3.05, 3.63) is 138 Å². The van der Waals surface area contributed by atoms with Crippen molar-refractivity contribution in [2.24, 2.45) is 5.73 Å². The molecule has 0 radical (unpaired) electrons. The molecule has 0 heterocycles. The van der Waals surface area contributed by atoms with Crippen molar-refractivity contribution >= 4 is 11.9 Å². The molecule has 0 fully saturated rings. The number of nitrogens with one attached hydrogen (secondary N) is 1. The van der Waals surface area contributed by atoms with Gasteiger partial charge in [0.05, 0.1) is 6.42 Å². The van der Waals surface area contributed by atoms with Crippen molar-refractivity contribution in [1.29, 1.82) is 0 Å². The van der Waals surface area contributed by atoms with Crippen molar-refractivity contribution in [3.63, 3.8) is 0 Å². The number of hydrogen-bond acceptors (Lipinski definition) is 5. The molecule has 2 unspecified atom stereocenters. The van der Waals surface area contributed by atoms with Crippen LogP contribution in [0, 0.1) is 0 Å². The third-order valence-electron chi connectivity index (χ3n) is 6.92. The number of hydrogen-bond donors (Lipinski definition) is 2. The van der Waals surface area contributed by atoms with Crippen molar-refractivity contribution in [3.8, 4) is 5.75 Å². The molecule has 0 bridgehead atoms. The van der Waals surface area contributed by atoms with Crippen LogP contribution in [-0.4, -0.2) is 37.2 Å². The molecule has 4 aromatic rings. The minimum Gasteiger partial charge on any atom is -0.490 e. The van der Waals surface area contributed by atoms with E-state index in [0.29, 0.717) is 12.3 Å². The van der Waals surface area contributed by atoms with Crippen molar-refractivity contribution < 1.29 is 19.1 Å². The highest BCUT2D eigenvalue weighted by molar-refractivity contribution is 5.82. The molecule has 212 valence electrons. The van der Waals surface area contributed by atoms with Crippen molar-refractivity contribution in [2.75, 3.05) is 13.2 Å². The number of amides is 1. The fourth-order valence-electron chi connectivity index (χ4n) is 4.68. The first kappa shape index (κ1) is 29.6. The topological polar surface area (TPSA) is 90.7 Å². The van der Waals surface area contributed by atoms with Crippen LogP contribution < -0.4 is 15.8 Å². The summed E-state index contributed by atoms with van der Waals surface area (Å²) in [4.78, 5) is 24.9. The third kappa shape index (κ3) is 9.62. The summed E-state index contributed by atoms with van der Waals surface area (Å²) in [7, 11) is 0. The second-order valence-corrected chi connectivity index (χ2v) is 10.2. The normalized spacial score (nSPS) is 12.4. The zero-order valence-corrected chi connectivity index (χ0v) is 23.4. The van der Waals surface area contributed by atoms with Crippen LogP contribution in [0.25, 0.3) is 0 Å². The van der Waals surface area contributed by atoms with Crippen LogP contribution in [0.2, 0.25) is 0 Å². The SMILES string of the molecule is CC(CCc1ccccc1)NCC(COc1ccc(CC(N)=O)cc1)OC(=O)C(c1ccccc1)c1ccccc1. The highest BCUT2D eigenvalue weighted by Gasteiger charge is 2.27.